The number of carbonyl (C=O) groups is 1. The summed E-state index contributed by atoms with van der Waals surface area (Å²) in [5, 5.41) is 14.1. The van der Waals surface area contributed by atoms with Crippen molar-refractivity contribution in [3.8, 4) is 0 Å². The van der Waals surface area contributed by atoms with E-state index in [1.54, 1.807) is 19.1 Å². The van der Waals surface area contributed by atoms with Crippen LogP contribution in [0.15, 0.2) is 72.8 Å². The summed E-state index contributed by atoms with van der Waals surface area (Å²) < 4.78 is 13.0. The van der Waals surface area contributed by atoms with Crippen LogP contribution in [0.25, 0.3) is 10.8 Å². The van der Waals surface area contributed by atoms with Gasteiger partial charge in [-0.15, -0.1) is 0 Å². The average Bonchev–Trinajstić information content (AvgIpc) is 2.66. The molecule has 3 aromatic carbocycles. The van der Waals surface area contributed by atoms with E-state index < -0.39 is 19.0 Å². The molecule has 0 aliphatic heterocycles. The zero-order valence-electron chi connectivity index (χ0n) is 15.7. The minimum atomic E-state index is -3.76. The van der Waals surface area contributed by atoms with Crippen LogP contribution in [0.2, 0.25) is 0 Å². The van der Waals surface area contributed by atoms with Gasteiger partial charge in [-0.3, -0.25) is 9.36 Å². The van der Waals surface area contributed by atoms with Gasteiger partial charge in [-0.25, -0.2) is 5.09 Å². The molecule has 0 radical (unpaired) electrons. The molecule has 0 bridgehead atoms. The van der Waals surface area contributed by atoms with Gasteiger partial charge in [-0.1, -0.05) is 66.7 Å². The molecule has 3 N–H and O–H groups in total. The van der Waals surface area contributed by atoms with Gasteiger partial charge < -0.3 is 10.00 Å². The number of aliphatic carboxylic acids is 1. The summed E-state index contributed by atoms with van der Waals surface area (Å²) in [6, 6.07) is 22.7. The van der Waals surface area contributed by atoms with E-state index in [-0.39, 0.29) is 19.0 Å². The fourth-order valence-electron chi connectivity index (χ4n) is 3.41. The van der Waals surface area contributed by atoms with E-state index in [9.17, 15) is 14.3 Å². The molecule has 146 valence electrons. The summed E-state index contributed by atoms with van der Waals surface area (Å²) in [7, 11) is -3.76. The number of benzene rings is 3. The van der Waals surface area contributed by atoms with Crippen molar-refractivity contribution < 1.29 is 19.4 Å². The molecule has 0 saturated carbocycles. The monoisotopic (exact) mass is 397 g/mol. The molecule has 0 amide bonds. The van der Waals surface area contributed by atoms with E-state index in [0.29, 0.717) is 0 Å². The van der Waals surface area contributed by atoms with E-state index in [1.807, 2.05) is 60.7 Å². The van der Waals surface area contributed by atoms with Crippen molar-refractivity contribution in [3.63, 3.8) is 0 Å². The fourth-order valence-corrected chi connectivity index (χ4v) is 5.21. The molecule has 3 aromatic rings. The second kappa shape index (κ2) is 8.27. The number of hydrogen-bond donors (Lipinski definition) is 3. The topological polar surface area (TPSA) is 86.6 Å². The molecule has 2 unspecified atom stereocenters. The molecule has 0 spiro atoms. The number of carboxylic acid groups (broad SMARTS) is 1. The minimum absolute atomic E-state index is 0.0237. The Hall–Kier alpha value is -2.46. The maximum absolute atomic E-state index is 13.0. The van der Waals surface area contributed by atoms with Gasteiger partial charge in [0.15, 0.2) is 0 Å². The zero-order valence-corrected chi connectivity index (χ0v) is 16.6. The van der Waals surface area contributed by atoms with E-state index in [4.69, 9.17) is 5.11 Å². The zero-order chi connectivity index (χ0) is 20.2. The van der Waals surface area contributed by atoms with Crippen LogP contribution in [0.1, 0.15) is 30.9 Å². The third-order valence-corrected chi connectivity index (χ3v) is 6.52. The van der Waals surface area contributed by atoms with Crippen molar-refractivity contribution in [2.45, 2.75) is 31.5 Å². The predicted molar refractivity (Wildman–Crippen MR) is 111 cm³/mol. The van der Waals surface area contributed by atoms with Crippen molar-refractivity contribution in [3.05, 3.63) is 83.9 Å². The molecule has 0 aliphatic rings. The van der Waals surface area contributed by atoms with Crippen molar-refractivity contribution >= 4 is 24.3 Å². The Morgan fingerprint density at radius 1 is 1.00 bits per heavy atom. The molecule has 0 aliphatic carbocycles. The lowest BCUT2D eigenvalue weighted by molar-refractivity contribution is -0.137. The largest absolute Gasteiger partial charge is 0.481 e. The lowest BCUT2D eigenvalue weighted by Gasteiger charge is -2.33. The van der Waals surface area contributed by atoms with Gasteiger partial charge in [0.25, 0.3) is 7.52 Å². The van der Waals surface area contributed by atoms with Crippen LogP contribution in [-0.2, 0) is 21.1 Å². The second-order valence-corrected chi connectivity index (χ2v) is 9.19. The number of rotatable bonds is 8. The third kappa shape index (κ3) is 5.08. The van der Waals surface area contributed by atoms with Gasteiger partial charge in [0, 0.05) is 12.0 Å². The van der Waals surface area contributed by atoms with Gasteiger partial charge in [0.1, 0.15) is 0 Å². The van der Waals surface area contributed by atoms with Crippen molar-refractivity contribution in [1.82, 2.24) is 5.09 Å². The fraction of sp³-hybridized carbons (Fsp3) is 0.227. The van der Waals surface area contributed by atoms with E-state index in [2.05, 4.69) is 5.09 Å². The van der Waals surface area contributed by atoms with E-state index >= 15 is 0 Å². The average molecular weight is 397 g/mol. The lowest BCUT2D eigenvalue weighted by atomic mass is 9.87. The van der Waals surface area contributed by atoms with Crippen LogP contribution in [0.3, 0.4) is 0 Å². The van der Waals surface area contributed by atoms with Gasteiger partial charge in [0.05, 0.1) is 6.16 Å². The Morgan fingerprint density at radius 3 is 2.32 bits per heavy atom. The Bertz CT molecular complexity index is 1020. The molecule has 6 heteroatoms. The molecular weight excluding hydrogens is 373 g/mol. The van der Waals surface area contributed by atoms with Crippen LogP contribution in [0.5, 0.6) is 0 Å². The smallest absolute Gasteiger partial charge is 0.303 e. The summed E-state index contributed by atoms with van der Waals surface area (Å²) in [6.45, 7) is 1.79. The molecular formula is C22H24NO4P. The normalized spacial score (nSPS) is 15.6. The number of hydrogen-bond acceptors (Lipinski definition) is 2. The molecule has 0 saturated heterocycles. The summed E-state index contributed by atoms with van der Waals surface area (Å²) >= 11 is 0. The summed E-state index contributed by atoms with van der Waals surface area (Å²) in [4.78, 5) is 21.8. The van der Waals surface area contributed by atoms with Crippen molar-refractivity contribution in [2.24, 2.45) is 0 Å². The first-order valence-electron chi connectivity index (χ1n) is 9.14. The Labute approximate surface area is 164 Å². The first-order chi connectivity index (χ1) is 13.3. The summed E-state index contributed by atoms with van der Waals surface area (Å²) in [5.74, 6) is -0.940. The molecule has 3 rings (SSSR count). The Balaban J connectivity index is 1.94. The Kier molecular flexibility index (Phi) is 5.99. The number of carboxylic acids is 1. The summed E-state index contributed by atoms with van der Waals surface area (Å²) in [6.07, 6.45) is 0.0613. The van der Waals surface area contributed by atoms with Crippen LogP contribution in [-0.4, -0.2) is 16.0 Å². The highest BCUT2D eigenvalue weighted by Crippen LogP contribution is 2.46. The minimum Gasteiger partial charge on any atom is -0.481 e. The van der Waals surface area contributed by atoms with E-state index in [0.717, 1.165) is 21.9 Å². The van der Waals surface area contributed by atoms with Crippen LogP contribution < -0.4 is 5.09 Å². The van der Waals surface area contributed by atoms with Gasteiger partial charge in [0.2, 0.25) is 0 Å². The number of nitrogens with one attached hydrogen (secondary N) is 1. The molecule has 0 fully saturated rings. The maximum atomic E-state index is 13.0. The Morgan fingerprint density at radius 2 is 1.64 bits per heavy atom. The third-order valence-electron chi connectivity index (χ3n) is 4.89. The standard InChI is InChI=1S/C22H24NO4P/c1-22(14-13-21(24)25,20-12-11-18-9-5-6-10-19(18)15-20)23-28(26,27)16-17-7-3-2-4-8-17/h2-12,15H,13-14,16H2,1H3,(H,24,25)(H2,23,26,27). The van der Waals surface area contributed by atoms with Crippen LogP contribution in [0.4, 0.5) is 0 Å². The predicted octanol–water partition coefficient (Wildman–Crippen LogP) is 4.90. The highest BCUT2D eigenvalue weighted by molar-refractivity contribution is 7.55. The maximum Gasteiger partial charge on any atom is 0.303 e. The SMILES string of the molecule is CC(CCC(=O)O)(NP(=O)(O)Cc1ccccc1)c1ccc2ccccc2c1. The quantitative estimate of drug-likeness (QED) is 0.471. The van der Waals surface area contributed by atoms with Crippen molar-refractivity contribution in [1.29, 1.82) is 0 Å². The molecule has 0 heterocycles. The van der Waals surface area contributed by atoms with Gasteiger partial charge in [-0.05, 0) is 41.3 Å². The number of fused-ring (bicyclic) bond motifs is 1. The van der Waals surface area contributed by atoms with Gasteiger partial charge in [-0.2, -0.15) is 0 Å². The molecule has 28 heavy (non-hydrogen) atoms. The van der Waals surface area contributed by atoms with Crippen molar-refractivity contribution in [2.75, 3.05) is 0 Å². The van der Waals surface area contributed by atoms with Crippen LogP contribution >= 0.6 is 7.52 Å². The molecule has 0 aromatic heterocycles. The van der Waals surface area contributed by atoms with Gasteiger partial charge >= 0.3 is 5.97 Å². The highest BCUT2D eigenvalue weighted by Gasteiger charge is 2.34. The van der Waals surface area contributed by atoms with E-state index in [1.165, 1.54) is 0 Å². The van der Waals surface area contributed by atoms with Crippen LogP contribution in [0, 0.1) is 0 Å². The first-order valence-corrected chi connectivity index (χ1v) is 11.0. The highest BCUT2D eigenvalue weighted by atomic mass is 31.2. The lowest BCUT2D eigenvalue weighted by Crippen LogP contribution is -2.38. The molecule has 5 nitrogen and oxygen atoms in total. The molecule has 2 atom stereocenters. The second-order valence-electron chi connectivity index (χ2n) is 7.24. The summed E-state index contributed by atoms with van der Waals surface area (Å²) in [5.41, 5.74) is 0.580. The first kappa shape index (κ1) is 20.3.